The molecule has 0 amide bonds. The molecule has 0 N–H and O–H groups in total. The average Bonchev–Trinajstić information content (AvgIpc) is 2.72. The predicted molar refractivity (Wildman–Crippen MR) is 113 cm³/mol. The number of esters is 2. The minimum Gasteiger partial charge on any atom is -0.745 e. The molecule has 1 unspecified atom stereocenters. The van der Waals surface area contributed by atoms with Gasteiger partial charge in [0.05, 0.1) is 17.7 Å². The van der Waals surface area contributed by atoms with Gasteiger partial charge in [-0.1, -0.05) is 77.3 Å². The molecule has 7 nitrogen and oxygen atoms in total. The molecule has 0 aliphatic rings. The van der Waals surface area contributed by atoms with Gasteiger partial charge in [0.2, 0.25) is 0 Å². The van der Waals surface area contributed by atoms with Crippen LogP contribution in [0.15, 0.2) is 24.3 Å². The molecule has 0 radical (unpaired) electrons. The van der Waals surface area contributed by atoms with Gasteiger partial charge in [-0.3, -0.25) is 0 Å². The van der Waals surface area contributed by atoms with Crippen LogP contribution in [0.5, 0.6) is 0 Å². The van der Waals surface area contributed by atoms with E-state index in [1.165, 1.54) is 63.6 Å². The van der Waals surface area contributed by atoms with Crippen molar-refractivity contribution in [2.45, 2.75) is 83.5 Å². The first-order valence-electron chi connectivity index (χ1n) is 10.7. The van der Waals surface area contributed by atoms with Crippen molar-refractivity contribution in [2.24, 2.45) is 0 Å². The summed E-state index contributed by atoms with van der Waals surface area (Å²) in [5, 5.41) is 0. The molecule has 0 bridgehead atoms. The first kappa shape index (κ1) is 30.1. The van der Waals surface area contributed by atoms with E-state index < -0.39 is 27.5 Å². The van der Waals surface area contributed by atoms with Crippen LogP contribution in [0.25, 0.3) is 0 Å². The van der Waals surface area contributed by atoms with Gasteiger partial charge >= 0.3 is 41.5 Å². The zero-order valence-electron chi connectivity index (χ0n) is 18.9. The van der Waals surface area contributed by atoms with Crippen LogP contribution in [-0.4, -0.2) is 37.0 Å². The van der Waals surface area contributed by atoms with E-state index in [1.807, 2.05) is 0 Å². The Kier molecular flexibility index (Phi) is 16.2. The van der Waals surface area contributed by atoms with E-state index in [-0.39, 0.29) is 53.7 Å². The Morgan fingerprint density at radius 3 is 1.84 bits per heavy atom. The Morgan fingerprint density at radius 1 is 0.871 bits per heavy atom. The molecular formula is C22H33NaO7S. The van der Waals surface area contributed by atoms with Gasteiger partial charge in [-0.2, -0.15) is 0 Å². The molecule has 0 heterocycles. The first-order chi connectivity index (χ1) is 14.3. The van der Waals surface area contributed by atoms with Gasteiger partial charge in [-0.25, -0.2) is 18.0 Å². The summed E-state index contributed by atoms with van der Waals surface area (Å²) in [5.74, 6) is -1.72. The van der Waals surface area contributed by atoms with Gasteiger partial charge in [-0.05, 0) is 25.0 Å². The molecule has 0 saturated carbocycles. The van der Waals surface area contributed by atoms with Crippen molar-refractivity contribution < 1.29 is 61.6 Å². The van der Waals surface area contributed by atoms with Gasteiger partial charge < -0.3 is 14.0 Å². The van der Waals surface area contributed by atoms with Crippen molar-refractivity contribution in [3.63, 3.8) is 0 Å². The number of carbonyl (C=O) groups is 2. The summed E-state index contributed by atoms with van der Waals surface area (Å²) >= 11 is 0. The van der Waals surface area contributed by atoms with Crippen LogP contribution in [0.2, 0.25) is 0 Å². The fourth-order valence-electron chi connectivity index (χ4n) is 3.02. The van der Waals surface area contributed by atoms with Crippen LogP contribution >= 0.6 is 0 Å². The molecule has 1 aromatic carbocycles. The third-order valence-electron chi connectivity index (χ3n) is 4.74. The van der Waals surface area contributed by atoms with E-state index in [4.69, 9.17) is 9.47 Å². The zero-order valence-corrected chi connectivity index (χ0v) is 21.7. The van der Waals surface area contributed by atoms with Crippen LogP contribution in [-0.2, 0) is 19.6 Å². The number of rotatable bonds is 15. The monoisotopic (exact) mass is 464 g/mol. The Bertz CT molecular complexity index is 765. The van der Waals surface area contributed by atoms with E-state index in [9.17, 15) is 22.6 Å². The third-order valence-corrected chi connectivity index (χ3v) is 5.82. The van der Waals surface area contributed by atoms with Gasteiger partial charge in [0.15, 0.2) is 5.44 Å². The SMILES string of the molecule is CCCCCCCCCCCOC(=O)c1ccccc1C(=O)OC(CC)S(=O)(=O)[O-].[Na+]. The Hall–Kier alpha value is -0.930. The predicted octanol–water partition coefficient (Wildman–Crippen LogP) is 1.82. The van der Waals surface area contributed by atoms with Crippen LogP contribution in [0.3, 0.4) is 0 Å². The molecule has 0 aliphatic heterocycles. The summed E-state index contributed by atoms with van der Waals surface area (Å²) in [4.78, 5) is 24.6. The van der Waals surface area contributed by atoms with E-state index in [0.717, 1.165) is 19.3 Å². The summed E-state index contributed by atoms with van der Waals surface area (Å²) in [7, 11) is -4.79. The fraction of sp³-hybridized carbons (Fsp3) is 0.636. The number of ether oxygens (including phenoxy) is 2. The van der Waals surface area contributed by atoms with Crippen molar-refractivity contribution in [3.8, 4) is 0 Å². The average molecular weight is 465 g/mol. The zero-order chi connectivity index (χ0) is 22.4. The second-order valence-corrected chi connectivity index (χ2v) is 8.76. The van der Waals surface area contributed by atoms with Gasteiger partial charge in [0.25, 0.3) is 0 Å². The number of hydrogen-bond donors (Lipinski definition) is 0. The summed E-state index contributed by atoms with van der Waals surface area (Å²) < 4.78 is 43.5. The largest absolute Gasteiger partial charge is 1.00 e. The molecule has 1 atom stereocenters. The maximum absolute atomic E-state index is 12.3. The van der Waals surface area contributed by atoms with Crippen molar-refractivity contribution in [1.29, 1.82) is 0 Å². The Balaban J connectivity index is 0.00000900. The van der Waals surface area contributed by atoms with Crippen LogP contribution in [0, 0.1) is 0 Å². The Labute approximate surface area is 208 Å². The van der Waals surface area contributed by atoms with E-state index >= 15 is 0 Å². The minimum atomic E-state index is -4.79. The molecule has 9 heteroatoms. The molecule has 170 valence electrons. The normalized spacial score (nSPS) is 12.0. The van der Waals surface area contributed by atoms with Gasteiger partial charge in [0, 0.05) is 0 Å². The first-order valence-corrected chi connectivity index (χ1v) is 12.2. The molecule has 0 saturated heterocycles. The summed E-state index contributed by atoms with van der Waals surface area (Å²) in [6.07, 6.45) is 10.1. The summed E-state index contributed by atoms with van der Waals surface area (Å²) in [6.45, 7) is 3.85. The quantitative estimate of drug-likeness (QED) is 0.168. The number of carbonyl (C=O) groups excluding carboxylic acids is 2. The summed E-state index contributed by atoms with van der Waals surface area (Å²) in [6, 6.07) is 5.82. The molecule has 1 rings (SSSR count). The molecule has 0 aromatic heterocycles. The number of unbranched alkanes of at least 4 members (excludes halogenated alkanes) is 8. The maximum Gasteiger partial charge on any atom is 1.00 e. The van der Waals surface area contributed by atoms with Crippen LogP contribution < -0.4 is 29.6 Å². The number of benzene rings is 1. The Morgan fingerprint density at radius 2 is 1.35 bits per heavy atom. The van der Waals surface area contributed by atoms with Crippen molar-refractivity contribution >= 4 is 22.1 Å². The van der Waals surface area contributed by atoms with Gasteiger partial charge in [0.1, 0.15) is 10.1 Å². The molecule has 0 aliphatic carbocycles. The van der Waals surface area contributed by atoms with E-state index in [2.05, 4.69) is 6.92 Å². The maximum atomic E-state index is 12.3. The van der Waals surface area contributed by atoms with Crippen LogP contribution in [0.1, 0.15) is 98.8 Å². The second kappa shape index (κ2) is 16.7. The minimum absolute atomic E-state index is 0. The van der Waals surface area contributed by atoms with Crippen molar-refractivity contribution in [2.75, 3.05) is 6.61 Å². The van der Waals surface area contributed by atoms with E-state index in [1.54, 1.807) is 6.07 Å². The molecular weight excluding hydrogens is 431 g/mol. The van der Waals surface area contributed by atoms with Crippen molar-refractivity contribution in [1.82, 2.24) is 0 Å². The molecule has 31 heavy (non-hydrogen) atoms. The smallest absolute Gasteiger partial charge is 0.745 e. The molecule has 1 aromatic rings. The standard InChI is InChI=1S/C22H34O7S.Na/c1-3-5-6-7-8-9-10-11-14-17-28-21(23)18-15-12-13-16-19(18)22(24)29-20(4-2)30(25,26)27;/h12-13,15-16,20H,3-11,14,17H2,1-2H3,(H,25,26,27);/q;+1/p-1. The number of hydrogen-bond acceptors (Lipinski definition) is 7. The summed E-state index contributed by atoms with van der Waals surface area (Å²) in [5.41, 5.74) is -1.94. The third kappa shape index (κ3) is 12.0. The second-order valence-electron chi connectivity index (χ2n) is 7.25. The molecule has 0 spiro atoms. The topological polar surface area (TPSA) is 110 Å². The fourth-order valence-corrected chi connectivity index (χ4v) is 3.64. The molecule has 0 fully saturated rings. The van der Waals surface area contributed by atoms with Gasteiger partial charge in [-0.15, -0.1) is 0 Å². The van der Waals surface area contributed by atoms with Crippen LogP contribution in [0.4, 0.5) is 0 Å². The van der Waals surface area contributed by atoms with E-state index in [0.29, 0.717) is 0 Å². The van der Waals surface area contributed by atoms with Crippen molar-refractivity contribution in [3.05, 3.63) is 35.4 Å².